The highest BCUT2D eigenvalue weighted by Gasteiger charge is 2.30. The number of carbonyl (C=O) groups is 1. The highest BCUT2D eigenvalue weighted by molar-refractivity contribution is 6.03. The number of halogens is 3. The summed E-state index contributed by atoms with van der Waals surface area (Å²) in [5, 5.41) is 10.8. The van der Waals surface area contributed by atoms with E-state index in [9.17, 15) is 18.0 Å². The van der Waals surface area contributed by atoms with E-state index in [1.165, 1.54) is 16.9 Å². The van der Waals surface area contributed by atoms with Crippen molar-refractivity contribution in [3.05, 3.63) is 64.8 Å². The molecule has 0 aliphatic heterocycles. The molecule has 9 heteroatoms. The lowest BCUT2D eigenvalue weighted by atomic mass is 9.88. The second-order valence-electron chi connectivity index (χ2n) is 7.36. The van der Waals surface area contributed by atoms with Gasteiger partial charge in [0, 0.05) is 18.2 Å². The van der Waals surface area contributed by atoms with Gasteiger partial charge in [0.05, 0.1) is 24.0 Å². The molecule has 0 saturated heterocycles. The van der Waals surface area contributed by atoms with Gasteiger partial charge in [0.1, 0.15) is 5.76 Å². The predicted molar refractivity (Wildman–Crippen MR) is 98.4 cm³/mol. The van der Waals surface area contributed by atoms with Crippen molar-refractivity contribution in [2.45, 2.75) is 38.9 Å². The molecule has 2 heterocycles. The van der Waals surface area contributed by atoms with Gasteiger partial charge in [-0.15, -0.1) is 0 Å². The van der Waals surface area contributed by atoms with Crippen LogP contribution in [0.4, 0.5) is 18.9 Å². The molecule has 29 heavy (non-hydrogen) atoms. The molecule has 0 saturated carbocycles. The molecule has 1 unspecified atom stereocenters. The fraction of sp³-hybridized carbons (Fsp3) is 0.350. The fourth-order valence-electron chi connectivity index (χ4n) is 3.49. The second kappa shape index (κ2) is 7.38. The molecule has 2 aromatic heterocycles. The van der Waals surface area contributed by atoms with Gasteiger partial charge in [-0.3, -0.25) is 9.48 Å². The molecule has 3 aromatic rings. The van der Waals surface area contributed by atoms with E-state index in [0.29, 0.717) is 17.2 Å². The summed E-state index contributed by atoms with van der Waals surface area (Å²) in [5.41, 5.74) is 1.30. The molecule has 0 bridgehead atoms. The number of aromatic nitrogens is 3. The standard InChI is InChI=1S/C20H19F3N4O2/c1-12-5-6-17-16(7-12)18(26-29-17)19(28)25-15-9-24-27(11-15)10-13-3-2-4-14(8-13)20(21,22)23/h2-4,8-9,11-12H,5-7,10H2,1H3,(H,25,28). The van der Waals surface area contributed by atoms with Crippen molar-refractivity contribution in [2.24, 2.45) is 5.92 Å². The molecule has 1 N–H and O–H groups in total. The van der Waals surface area contributed by atoms with Crippen molar-refractivity contribution >= 4 is 11.6 Å². The molecule has 0 fully saturated rings. The third-order valence-electron chi connectivity index (χ3n) is 4.99. The predicted octanol–water partition coefficient (Wildman–Crippen LogP) is 4.32. The van der Waals surface area contributed by atoms with Gasteiger partial charge in [-0.2, -0.15) is 18.3 Å². The van der Waals surface area contributed by atoms with Gasteiger partial charge >= 0.3 is 6.18 Å². The zero-order valence-electron chi connectivity index (χ0n) is 15.7. The van der Waals surface area contributed by atoms with Crippen LogP contribution in [0.3, 0.4) is 0 Å². The van der Waals surface area contributed by atoms with E-state index in [1.807, 2.05) is 0 Å². The summed E-state index contributed by atoms with van der Waals surface area (Å²) in [5.74, 6) is 0.833. The first-order valence-corrected chi connectivity index (χ1v) is 9.27. The number of anilines is 1. The van der Waals surface area contributed by atoms with Gasteiger partial charge in [-0.05, 0) is 36.5 Å². The molecule has 6 nitrogen and oxygen atoms in total. The maximum Gasteiger partial charge on any atom is 0.416 e. The Morgan fingerprint density at radius 2 is 2.21 bits per heavy atom. The molecule has 1 atom stereocenters. The smallest absolute Gasteiger partial charge is 0.360 e. The minimum absolute atomic E-state index is 0.149. The van der Waals surface area contributed by atoms with Crippen LogP contribution in [0.5, 0.6) is 0 Å². The van der Waals surface area contributed by atoms with Crippen molar-refractivity contribution in [2.75, 3.05) is 5.32 Å². The number of rotatable bonds is 4. The number of carbonyl (C=O) groups excluding carboxylic acids is 1. The number of hydrogen-bond acceptors (Lipinski definition) is 4. The van der Waals surface area contributed by atoms with Crippen LogP contribution < -0.4 is 5.32 Å². The monoisotopic (exact) mass is 404 g/mol. The summed E-state index contributed by atoms with van der Waals surface area (Å²) in [6.45, 7) is 2.27. The van der Waals surface area contributed by atoms with Gasteiger partial charge in [-0.1, -0.05) is 24.2 Å². The van der Waals surface area contributed by atoms with Crippen LogP contribution in [0.25, 0.3) is 0 Å². The molecule has 0 spiro atoms. The molecule has 1 aliphatic carbocycles. The van der Waals surface area contributed by atoms with Crippen molar-refractivity contribution in [1.29, 1.82) is 0 Å². The Bertz CT molecular complexity index is 1040. The van der Waals surface area contributed by atoms with Crippen LogP contribution in [0.1, 0.15) is 46.3 Å². The quantitative estimate of drug-likeness (QED) is 0.703. The Hall–Kier alpha value is -3.10. The molecule has 152 valence electrons. The Balaban J connectivity index is 1.45. The van der Waals surface area contributed by atoms with E-state index in [0.717, 1.165) is 42.7 Å². The maximum atomic E-state index is 12.8. The first kappa shape index (κ1) is 19.2. The number of hydrogen-bond donors (Lipinski definition) is 1. The van der Waals surface area contributed by atoms with E-state index in [-0.39, 0.29) is 18.1 Å². The van der Waals surface area contributed by atoms with Gasteiger partial charge in [0.2, 0.25) is 0 Å². The molecule has 4 rings (SSSR count). The van der Waals surface area contributed by atoms with E-state index in [1.54, 1.807) is 12.3 Å². The van der Waals surface area contributed by atoms with E-state index in [2.05, 4.69) is 22.5 Å². The SMILES string of the molecule is CC1CCc2onc(C(=O)Nc3cnn(Cc4cccc(C(F)(F)F)c4)c3)c2C1. The number of nitrogens with zero attached hydrogens (tertiary/aromatic N) is 3. The summed E-state index contributed by atoms with van der Waals surface area (Å²) < 4.78 is 45.3. The minimum Gasteiger partial charge on any atom is -0.360 e. The Morgan fingerprint density at radius 1 is 1.38 bits per heavy atom. The lowest BCUT2D eigenvalue weighted by molar-refractivity contribution is -0.137. The number of fused-ring (bicyclic) bond motifs is 1. The number of amides is 1. The van der Waals surface area contributed by atoms with Crippen molar-refractivity contribution in [3.63, 3.8) is 0 Å². The summed E-state index contributed by atoms with van der Waals surface area (Å²) in [7, 11) is 0. The molecule has 1 aliphatic rings. The maximum absolute atomic E-state index is 12.8. The number of benzene rings is 1. The van der Waals surface area contributed by atoms with Gasteiger partial charge in [0.15, 0.2) is 5.69 Å². The van der Waals surface area contributed by atoms with Crippen LogP contribution in [0.15, 0.2) is 41.2 Å². The second-order valence-corrected chi connectivity index (χ2v) is 7.36. The van der Waals surface area contributed by atoms with Crippen LogP contribution in [-0.2, 0) is 25.6 Å². The molecule has 1 amide bonds. The zero-order chi connectivity index (χ0) is 20.6. The summed E-state index contributed by atoms with van der Waals surface area (Å²) in [4.78, 5) is 12.6. The average Bonchev–Trinajstić information content (AvgIpc) is 3.27. The lowest BCUT2D eigenvalue weighted by Gasteiger charge is -2.16. The Labute approximate surface area is 164 Å². The summed E-state index contributed by atoms with van der Waals surface area (Å²) in [6.07, 6.45) is 1.13. The summed E-state index contributed by atoms with van der Waals surface area (Å²) >= 11 is 0. The minimum atomic E-state index is -4.40. The molecule has 0 radical (unpaired) electrons. The highest BCUT2D eigenvalue weighted by atomic mass is 19.4. The van der Waals surface area contributed by atoms with Crippen LogP contribution in [0, 0.1) is 5.92 Å². The lowest BCUT2D eigenvalue weighted by Crippen LogP contribution is -2.17. The van der Waals surface area contributed by atoms with Crippen LogP contribution >= 0.6 is 0 Å². The molecular weight excluding hydrogens is 385 g/mol. The average molecular weight is 404 g/mol. The van der Waals surface area contributed by atoms with E-state index < -0.39 is 11.7 Å². The number of nitrogens with one attached hydrogen (secondary N) is 1. The first-order chi connectivity index (χ1) is 13.8. The van der Waals surface area contributed by atoms with Crippen molar-refractivity contribution in [3.8, 4) is 0 Å². The van der Waals surface area contributed by atoms with E-state index in [4.69, 9.17) is 4.52 Å². The topological polar surface area (TPSA) is 73.0 Å². The fourth-order valence-corrected chi connectivity index (χ4v) is 3.49. The van der Waals surface area contributed by atoms with Gasteiger partial charge in [-0.25, -0.2) is 0 Å². The largest absolute Gasteiger partial charge is 0.416 e. The van der Waals surface area contributed by atoms with Gasteiger partial charge in [0.25, 0.3) is 5.91 Å². The third-order valence-corrected chi connectivity index (χ3v) is 4.99. The first-order valence-electron chi connectivity index (χ1n) is 9.27. The van der Waals surface area contributed by atoms with Crippen molar-refractivity contribution < 1.29 is 22.5 Å². The van der Waals surface area contributed by atoms with Crippen LogP contribution in [-0.4, -0.2) is 20.8 Å². The van der Waals surface area contributed by atoms with Crippen LogP contribution in [0.2, 0.25) is 0 Å². The highest BCUT2D eigenvalue weighted by Crippen LogP contribution is 2.30. The molecular formula is C20H19F3N4O2. The van der Waals surface area contributed by atoms with Crippen molar-refractivity contribution in [1.82, 2.24) is 14.9 Å². The number of aryl methyl sites for hydroxylation is 1. The Morgan fingerprint density at radius 3 is 3.00 bits per heavy atom. The molecule has 1 aromatic carbocycles. The summed E-state index contributed by atoms with van der Waals surface area (Å²) in [6, 6.07) is 5.07. The third kappa shape index (κ3) is 4.18. The van der Waals surface area contributed by atoms with Gasteiger partial charge < -0.3 is 9.84 Å². The normalized spacial score (nSPS) is 16.5. The number of alkyl halides is 3. The Kier molecular flexibility index (Phi) is 4.89. The zero-order valence-corrected chi connectivity index (χ0v) is 15.7. The van der Waals surface area contributed by atoms with E-state index >= 15 is 0 Å².